The number of thioether (sulfide) groups is 1. The molecule has 1 aromatic heterocycles. The van der Waals surface area contributed by atoms with Gasteiger partial charge in [-0.1, -0.05) is 67.4 Å². The number of fused-ring (bicyclic) bond motifs is 10. The molecular weight excluding hydrogens is 727 g/mol. The molecule has 5 aliphatic heterocycles. The van der Waals surface area contributed by atoms with E-state index >= 15 is 0 Å². The van der Waals surface area contributed by atoms with Crippen LogP contribution in [0, 0.1) is 5.92 Å². The lowest BCUT2D eigenvalue weighted by Gasteiger charge is -2.70. The van der Waals surface area contributed by atoms with Crippen molar-refractivity contribution < 1.29 is 4.74 Å². The molecule has 4 saturated heterocycles. The Morgan fingerprint density at radius 2 is 1.18 bits per heavy atom. The summed E-state index contributed by atoms with van der Waals surface area (Å²) in [5.74, 6) is 0.780. The van der Waals surface area contributed by atoms with Gasteiger partial charge in [0.15, 0.2) is 0 Å². The fourth-order valence-corrected chi connectivity index (χ4v) is 17.5. The molecule has 3 aromatic carbocycles. The molecule has 4 aromatic rings. The molecule has 13 rings (SSSR count). The van der Waals surface area contributed by atoms with Crippen LogP contribution in [0.4, 0.5) is 27.8 Å². The number of hydrogen-bond donors (Lipinski definition) is 0. The number of ether oxygens (including phenoxy) is 1. The van der Waals surface area contributed by atoms with Crippen LogP contribution in [0.2, 0.25) is 0 Å². The highest BCUT2D eigenvalue weighted by Gasteiger charge is 2.67. The van der Waals surface area contributed by atoms with Gasteiger partial charge in [0.05, 0.1) is 47.4 Å². The fraction of sp³-hybridized carbons (Fsp3) is 0.542. The molecule has 6 heterocycles. The second kappa shape index (κ2) is 13.2. The summed E-state index contributed by atoms with van der Waals surface area (Å²) in [4.78, 5) is 15.1. The summed E-state index contributed by atoms with van der Waals surface area (Å²) in [5, 5.41) is 5.15. The first-order valence-electron chi connectivity index (χ1n) is 22.3. The lowest BCUT2D eigenvalue weighted by Crippen LogP contribution is -2.83. The Hall–Kier alpha value is -3.17. The molecule has 14 atom stereocenters. The predicted octanol–water partition coefficient (Wildman–Crippen LogP) is 9.93. The molecule has 4 saturated carbocycles. The van der Waals surface area contributed by atoms with Crippen LogP contribution in [0.25, 0.3) is 0 Å². The maximum Gasteiger partial charge on any atom is 0.120 e. The summed E-state index contributed by atoms with van der Waals surface area (Å²) in [6, 6.07) is 41.5. The van der Waals surface area contributed by atoms with Crippen LogP contribution in [0.1, 0.15) is 77.0 Å². The summed E-state index contributed by atoms with van der Waals surface area (Å²) in [5.41, 5.74) is 5.73. The monoisotopic (exact) mass is 781 g/mol. The molecule has 6 nitrogen and oxygen atoms in total. The summed E-state index contributed by atoms with van der Waals surface area (Å²) in [7, 11) is 0. The van der Waals surface area contributed by atoms with Gasteiger partial charge < -0.3 is 24.3 Å². The lowest BCUT2D eigenvalue weighted by atomic mass is 9.68. The largest absolute Gasteiger partial charge is 0.371 e. The van der Waals surface area contributed by atoms with Crippen LogP contribution in [-0.4, -0.2) is 82.1 Å². The van der Waals surface area contributed by atoms with Gasteiger partial charge >= 0.3 is 0 Å². The molecule has 8 heteroatoms. The van der Waals surface area contributed by atoms with E-state index in [-0.39, 0.29) is 12.2 Å². The molecule has 0 bridgehead atoms. The number of thiophene rings is 1. The summed E-state index contributed by atoms with van der Waals surface area (Å²) < 4.78 is 7.60. The van der Waals surface area contributed by atoms with E-state index in [0.717, 1.165) is 17.6 Å². The van der Waals surface area contributed by atoms with Gasteiger partial charge in [-0.2, -0.15) is 0 Å². The Morgan fingerprint density at radius 1 is 0.500 bits per heavy atom. The maximum atomic E-state index is 7.60. The van der Waals surface area contributed by atoms with E-state index in [1.807, 2.05) is 11.3 Å². The molecule has 9 aliphatic rings. The van der Waals surface area contributed by atoms with E-state index in [1.54, 1.807) is 0 Å². The van der Waals surface area contributed by atoms with Crippen molar-refractivity contribution in [3.05, 3.63) is 102 Å². The molecular formula is C48H55N5OS2. The first-order chi connectivity index (χ1) is 27.8. The molecule has 0 N–H and O–H groups in total. The summed E-state index contributed by atoms with van der Waals surface area (Å²) in [6.45, 7) is 0. The van der Waals surface area contributed by atoms with Gasteiger partial charge in [0.2, 0.25) is 0 Å². The van der Waals surface area contributed by atoms with E-state index in [0.29, 0.717) is 59.8 Å². The number of hydrogen-bond acceptors (Lipinski definition) is 8. The zero-order chi connectivity index (χ0) is 36.5. The normalized spacial score (nSPS) is 40.7. The summed E-state index contributed by atoms with van der Waals surface area (Å²) in [6.07, 6.45) is 16.0. The number of benzene rings is 3. The van der Waals surface area contributed by atoms with Gasteiger partial charge in [0.1, 0.15) is 5.00 Å². The zero-order valence-corrected chi connectivity index (χ0v) is 34.0. The molecule has 0 spiro atoms. The molecule has 0 amide bonds. The zero-order valence-electron chi connectivity index (χ0n) is 32.3. The molecule has 8 fully saturated rings. The Morgan fingerprint density at radius 3 is 1.96 bits per heavy atom. The number of anilines is 5. The van der Waals surface area contributed by atoms with Crippen molar-refractivity contribution in [2.75, 3.05) is 19.6 Å². The minimum absolute atomic E-state index is 0.246. The predicted molar refractivity (Wildman–Crippen MR) is 232 cm³/mol. The van der Waals surface area contributed by atoms with Crippen LogP contribution < -0.4 is 19.6 Å². The number of nitrogens with zero attached hydrogens (tertiary/aromatic N) is 5. The van der Waals surface area contributed by atoms with Crippen molar-refractivity contribution in [2.24, 2.45) is 5.92 Å². The topological polar surface area (TPSA) is 25.4 Å². The van der Waals surface area contributed by atoms with Gasteiger partial charge in [0.25, 0.3) is 0 Å². The van der Waals surface area contributed by atoms with Crippen LogP contribution >= 0.6 is 23.1 Å². The van der Waals surface area contributed by atoms with Crippen LogP contribution in [0.15, 0.2) is 102 Å². The van der Waals surface area contributed by atoms with Crippen molar-refractivity contribution >= 4 is 50.8 Å². The third-order valence-electron chi connectivity index (χ3n) is 16.2. The van der Waals surface area contributed by atoms with Gasteiger partial charge in [-0.25, -0.2) is 0 Å². The van der Waals surface area contributed by atoms with E-state index in [2.05, 4.69) is 139 Å². The average Bonchev–Trinajstić information content (AvgIpc) is 3.89. The third kappa shape index (κ3) is 4.82. The first kappa shape index (κ1) is 33.8. The average molecular weight is 782 g/mol. The van der Waals surface area contributed by atoms with Crippen molar-refractivity contribution in [1.29, 1.82) is 0 Å². The highest BCUT2D eigenvalue weighted by Crippen LogP contribution is 2.60. The minimum Gasteiger partial charge on any atom is -0.371 e. The highest BCUT2D eigenvalue weighted by atomic mass is 32.2. The van der Waals surface area contributed by atoms with Crippen molar-refractivity contribution in [1.82, 2.24) is 4.90 Å². The van der Waals surface area contributed by atoms with Crippen molar-refractivity contribution in [3.8, 4) is 0 Å². The number of para-hydroxylation sites is 3. The highest BCUT2D eigenvalue weighted by molar-refractivity contribution is 8.01. The number of rotatable bonds is 3. The van der Waals surface area contributed by atoms with Crippen LogP contribution in [0.3, 0.4) is 0 Å². The third-order valence-corrected chi connectivity index (χ3v) is 18.8. The SMILES string of the molecule is c1ccc(N2c3sccc3N3C4CC5C(CC4OC4CCCC2C43)N(c2ccccc2)C2CCCC3C2N5C2C4CCCCC4SC2N3c2ccccc2)cc1. The van der Waals surface area contributed by atoms with Crippen LogP contribution in [-0.2, 0) is 4.74 Å². The molecule has 56 heavy (non-hydrogen) atoms. The lowest BCUT2D eigenvalue weighted by molar-refractivity contribution is -0.136. The Kier molecular flexibility index (Phi) is 7.94. The van der Waals surface area contributed by atoms with Gasteiger partial charge in [-0.15, -0.1) is 23.1 Å². The van der Waals surface area contributed by atoms with Gasteiger partial charge in [-0.3, -0.25) is 4.90 Å². The van der Waals surface area contributed by atoms with Gasteiger partial charge in [0, 0.05) is 52.5 Å². The molecule has 14 unspecified atom stereocenters. The molecule has 4 aliphatic carbocycles. The van der Waals surface area contributed by atoms with E-state index < -0.39 is 0 Å². The second-order valence-electron chi connectivity index (χ2n) is 18.6. The fourth-order valence-electron chi connectivity index (χ4n) is 14.5. The second-order valence-corrected chi connectivity index (χ2v) is 20.8. The molecule has 0 radical (unpaired) electrons. The van der Waals surface area contributed by atoms with Gasteiger partial charge in [-0.05, 0) is 118 Å². The Bertz CT molecular complexity index is 2050. The van der Waals surface area contributed by atoms with Crippen molar-refractivity contribution in [2.45, 2.75) is 154 Å². The standard InChI is InChI=1S/C48H55N5OS2/c1-4-14-30(15-5-1)49-34-21-12-22-35-45(34)53(44-33-20-10-11-25-43(33)56-48(44)51(35)32-18-8-3-9-19-32)38-28-40-42(29-39(38)49)54-41-24-13-23-36-46(41)52(40)37-26-27-55-47(37)50(36)31-16-6-2-7-17-31/h1-9,14-19,26-27,33-36,38-46,48H,10-13,20-25,28-29H2. The van der Waals surface area contributed by atoms with E-state index in [4.69, 9.17) is 4.74 Å². The van der Waals surface area contributed by atoms with Crippen LogP contribution in [0.5, 0.6) is 0 Å². The maximum absolute atomic E-state index is 7.60. The number of piperazine rings is 2. The van der Waals surface area contributed by atoms with E-state index in [9.17, 15) is 0 Å². The Labute approximate surface area is 341 Å². The first-order valence-corrected chi connectivity index (χ1v) is 24.1. The summed E-state index contributed by atoms with van der Waals surface area (Å²) >= 11 is 4.35. The quantitative estimate of drug-likeness (QED) is 0.204. The Balaban J connectivity index is 0.963. The minimum atomic E-state index is 0.246. The molecule has 290 valence electrons. The smallest absolute Gasteiger partial charge is 0.120 e. The number of morpholine rings is 1. The van der Waals surface area contributed by atoms with E-state index in [1.165, 1.54) is 98.4 Å². The van der Waals surface area contributed by atoms with Crippen molar-refractivity contribution in [3.63, 3.8) is 0 Å².